The monoisotopic (exact) mass is 237 g/mol. The Morgan fingerprint density at radius 1 is 1.35 bits per heavy atom. The van der Waals surface area contributed by atoms with Gasteiger partial charge >= 0.3 is 0 Å². The molecule has 0 radical (unpaired) electrons. The summed E-state index contributed by atoms with van der Waals surface area (Å²) in [4.78, 5) is 16.7. The van der Waals surface area contributed by atoms with Crippen molar-refractivity contribution in [3.8, 4) is 0 Å². The van der Waals surface area contributed by atoms with Crippen molar-refractivity contribution in [2.75, 3.05) is 45.8 Å². The Labute approximate surface area is 104 Å². The van der Waals surface area contributed by atoms with E-state index < -0.39 is 0 Å². The molecule has 0 aromatic carbocycles. The molecule has 4 heteroatoms. The number of piperidine rings is 1. The molecule has 2 fully saturated rings. The number of piperazine rings is 1. The van der Waals surface area contributed by atoms with E-state index in [-0.39, 0.29) is 5.92 Å². The highest BCUT2D eigenvalue weighted by Crippen LogP contribution is 2.19. The molecule has 1 amide bonds. The van der Waals surface area contributed by atoms with Gasteiger partial charge in [-0.1, -0.05) is 6.08 Å². The summed E-state index contributed by atoms with van der Waals surface area (Å²) >= 11 is 0. The van der Waals surface area contributed by atoms with Gasteiger partial charge in [0, 0.05) is 39.3 Å². The van der Waals surface area contributed by atoms with Crippen LogP contribution in [0.4, 0.5) is 0 Å². The third-order valence-electron chi connectivity index (χ3n) is 3.67. The van der Waals surface area contributed by atoms with Crippen molar-refractivity contribution in [3.63, 3.8) is 0 Å². The van der Waals surface area contributed by atoms with E-state index in [4.69, 9.17) is 0 Å². The Morgan fingerprint density at radius 2 is 2.12 bits per heavy atom. The number of hydrogen-bond acceptors (Lipinski definition) is 3. The van der Waals surface area contributed by atoms with E-state index in [0.717, 1.165) is 58.7 Å². The smallest absolute Gasteiger partial charge is 0.227 e. The van der Waals surface area contributed by atoms with Crippen LogP contribution in [0, 0.1) is 5.92 Å². The SMILES string of the molecule is C=CCN1CCCC(C(=O)N2CCNCC2)C1. The van der Waals surface area contributed by atoms with Gasteiger partial charge in [-0.05, 0) is 19.4 Å². The molecule has 0 aromatic heterocycles. The van der Waals surface area contributed by atoms with Crippen LogP contribution in [-0.2, 0) is 4.79 Å². The molecule has 4 nitrogen and oxygen atoms in total. The Balaban J connectivity index is 1.87. The summed E-state index contributed by atoms with van der Waals surface area (Å²) in [5.74, 6) is 0.571. The van der Waals surface area contributed by atoms with Crippen LogP contribution in [0.3, 0.4) is 0 Å². The predicted octanol–water partition coefficient (Wildman–Crippen LogP) is 0.316. The maximum absolute atomic E-state index is 12.3. The van der Waals surface area contributed by atoms with Crippen molar-refractivity contribution in [3.05, 3.63) is 12.7 Å². The van der Waals surface area contributed by atoms with E-state index in [1.165, 1.54) is 0 Å². The molecule has 2 aliphatic heterocycles. The normalized spacial score (nSPS) is 26.8. The zero-order chi connectivity index (χ0) is 12.1. The van der Waals surface area contributed by atoms with Gasteiger partial charge in [0.1, 0.15) is 0 Å². The van der Waals surface area contributed by atoms with Crippen LogP contribution in [0.5, 0.6) is 0 Å². The first-order chi connectivity index (χ1) is 8.31. The first kappa shape index (κ1) is 12.6. The number of likely N-dealkylation sites (tertiary alicyclic amines) is 1. The van der Waals surface area contributed by atoms with Gasteiger partial charge in [0.05, 0.1) is 5.92 Å². The van der Waals surface area contributed by atoms with Crippen molar-refractivity contribution in [1.82, 2.24) is 15.1 Å². The second kappa shape index (κ2) is 6.17. The van der Waals surface area contributed by atoms with Gasteiger partial charge < -0.3 is 10.2 Å². The number of carbonyl (C=O) groups excluding carboxylic acids is 1. The highest BCUT2D eigenvalue weighted by atomic mass is 16.2. The fraction of sp³-hybridized carbons (Fsp3) is 0.769. The minimum absolute atomic E-state index is 0.210. The molecule has 2 rings (SSSR count). The summed E-state index contributed by atoms with van der Waals surface area (Å²) in [5, 5.41) is 3.28. The molecule has 2 saturated heterocycles. The lowest BCUT2D eigenvalue weighted by Gasteiger charge is -2.36. The summed E-state index contributed by atoms with van der Waals surface area (Å²) in [6.45, 7) is 10.3. The molecule has 1 unspecified atom stereocenters. The Kier molecular flexibility index (Phi) is 4.57. The summed E-state index contributed by atoms with van der Waals surface area (Å²) in [5.41, 5.74) is 0. The minimum Gasteiger partial charge on any atom is -0.340 e. The molecule has 0 aliphatic carbocycles. The van der Waals surface area contributed by atoms with Gasteiger partial charge in [-0.3, -0.25) is 9.69 Å². The lowest BCUT2D eigenvalue weighted by Crippen LogP contribution is -2.51. The molecule has 17 heavy (non-hydrogen) atoms. The molecule has 0 saturated carbocycles. The third-order valence-corrected chi connectivity index (χ3v) is 3.67. The molecular weight excluding hydrogens is 214 g/mol. The van der Waals surface area contributed by atoms with Gasteiger partial charge in [0.15, 0.2) is 0 Å². The lowest BCUT2D eigenvalue weighted by atomic mass is 9.96. The van der Waals surface area contributed by atoms with Gasteiger partial charge in [-0.15, -0.1) is 6.58 Å². The number of hydrogen-bond donors (Lipinski definition) is 1. The number of nitrogens with one attached hydrogen (secondary N) is 1. The van der Waals surface area contributed by atoms with E-state index in [1.807, 2.05) is 11.0 Å². The van der Waals surface area contributed by atoms with Crippen LogP contribution in [0.15, 0.2) is 12.7 Å². The maximum Gasteiger partial charge on any atom is 0.227 e. The molecule has 1 atom stereocenters. The zero-order valence-electron chi connectivity index (χ0n) is 10.5. The van der Waals surface area contributed by atoms with Crippen LogP contribution < -0.4 is 5.32 Å². The number of carbonyl (C=O) groups is 1. The first-order valence-corrected chi connectivity index (χ1v) is 6.64. The van der Waals surface area contributed by atoms with E-state index in [1.54, 1.807) is 0 Å². The topological polar surface area (TPSA) is 35.6 Å². The molecular formula is C13H23N3O. The fourth-order valence-corrected chi connectivity index (χ4v) is 2.75. The zero-order valence-corrected chi connectivity index (χ0v) is 10.5. The summed E-state index contributed by atoms with van der Waals surface area (Å²) in [6.07, 6.45) is 4.12. The summed E-state index contributed by atoms with van der Waals surface area (Å²) in [7, 11) is 0. The van der Waals surface area contributed by atoms with Gasteiger partial charge in [0.25, 0.3) is 0 Å². The Morgan fingerprint density at radius 3 is 2.82 bits per heavy atom. The number of rotatable bonds is 3. The van der Waals surface area contributed by atoms with Crippen molar-refractivity contribution in [1.29, 1.82) is 0 Å². The molecule has 2 heterocycles. The van der Waals surface area contributed by atoms with E-state index in [9.17, 15) is 4.79 Å². The average molecular weight is 237 g/mol. The van der Waals surface area contributed by atoms with Crippen molar-refractivity contribution in [2.45, 2.75) is 12.8 Å². The summed E-state index contributed by atoms with van der Waals surface area (Å²) < 4.78 is 0. The van der Waals surface area contributed by atoms with Crippen LogP contribution in [-0.4, -0.2) is 61.5 Å². The quantitative estimate of drug-likeness (QED) is 0.718. The fourth-order valence-electron chi connectivity index (χ4n) is 2.75. The highest BCUT2D eigenvalue weighted by Gasteiger charge is 2.29. The summed E-state index contributed by atoms with van der Waals surface area (Å²) in [6, 6.07) is 0. The third kappa shape index (κ3) is 3.30. The predicted molar refractivity (Wildman–Crippen MR) is 68.8 cm³/mol. The molecule has 96 valence electrons. The van der Waals surface area contributed by atoms with Crippen LogP contribution in [0.1, 0.15) is 12.8 Å². The van der Waals surface area contributed by atoms with Gasteiger partial charge in [-0.2, -0.15) is 0 Å². The minimum atomic E-state index is 0.210. The molecule has 0 aromatic rings. The Bertz CT molecular complexity index is 274. The highest BCUT2D eigenvalue weighted by molar-refractivity contribution is 5.79. The first-order valence-electron chi connectivity index (χ1n) is 6.64. The van der Waals surface area contributed by atoms with Crippen LogP contribution >= 0.6 is 0 Å². The van der Waals surface area contributed by atoms with Gasteiger partial charge in [-0.25, -0.2) is 0 Å². The van der Waals surface area contributed by atoms with Gasteiger partial charge in [0.2, 0.25) is 5.91 Å². The van der Waals surface area contributed by atoms with Crippen molar-refractivity contribution in [2.24, 2.45) is 5.92 Å². The largest absolute Gasteiger partial charge is 0.340 e. The van der Waals surface area contributed by atoms with E-state index in [2.05, 4.69) is 16.8 Å². The average Bonchev–Trinajstić information content (AvgIpc) is 2.40. The van der Waals surface area contributed by atoms with Crippen molar-refractivity contribution < 1.29 is 4.79 Å². The standard InChI is InChI=1S/C13H23N3O/c1-2-7-15-8-3-4-12(11-15)13(17)16-9-5-14-6-10-16/h2,12,14H,1,3-11H2. The molecule has 0 bridgehead atoms. The van der Waals surface area contributed by atoms with E-state index in [0.29, 0.717) is 5.91 Å². The van der Waals surface area contributed by atoms with Crippen LogP contribution in [0.25, 0.3) is 0 Å². The molecule has 2 aliphatic rings. The lowest BCUT2D eigenvalue weighted by molar-refractivity contribution is -0.137. The Hall–Kier alpha value is -0.870. The van der Waals surface area contributed by atoms with Crippen molar-refractivity contribution >= 4 is 5.91 Å². The number of nitrogens with zero attached hydrogens (tertiary/aromatic N) is 2. The molecule has 0 spiro atoms. The molecule has 1 N–H and O–H groups in total. The second-order valence-corrected chi connectivity index (χ2v) is 4.96. The maximum atomic E-state index is 12.3. The second-order valence-electron chi connectivity index (χ2n) is 4.96. The number of amides is 1. The van der Waals surface area contributed by atoms with E-state index >= 15 is 0 Å². The van der Waals surface area contributed by atoms with Crippen LogP contribution in [0.2, 0.25) is 0 Å².